The molecule has 0 aromatic carbocycles. The van der Waals surface area contributed by atoms with E-state index in [1.807, 2.05) is 6.92 Å². The minimum Gasteiger partial charge on any atom is -0.355 e. The Morgan fingerprint density at radius 3 is 2.50 bits per heavy atom. The van der Waals surface area contributed by atoms with Crippen molar-refractivity contribution in [1.29, 1.82) is 0 Å². The van der Waals surface area contributed by atoms with Gasteiger partial charge in [-0.3, -0.25) is 9.59 Å². The molecule has 0 heterocycles. The molecule has 0 spiro atoms. The van der Waals surface area contributed by atoms with Crippen LogP contribution in [0.2, 0.25) is 0 Å². The van der Waals surface area contributed by atoms with Gasteiger partial charge in [-0.15, -0.1) is 0 Å². The van der Waals surface area contributed by atoms with Gasteiger partial charge in [0.25, 0.3) is 0 Å². The number of hydrogen-bond donors (Lipinski definition) is 3. The van der Waals surface area contributed by atoms with Crippen molar-refractivity contribution in [3.63, 3.8) is 0 Å². The Hall–Kier alpha value is -1.10. The van der Waals surface area contributed by atoms with Crippen molar-refractivity contribution in [3.8, 4) is 0 Å². The maximum absolute atomic E-state index is 11.2. The van der Waals surface area contributed by atoms with E-state index in [9.17, 15) is 9.59 Å². The molecule has 14 heavy (non-hydrogen) atoms. The smallest absolute Gasteiger partial charge is 0.239 e. The monoisotopic (exact) mass is 201 g/mol. The summed E-state index contributed by atoms with van der Waals surface area (Å²) in [5.41, 5.74) is 5.30. The van der Waals surface area contributed by atoms with Gasteiger partial charge >= 0.3 is 0 Å². The van der Waals surface area contributed by atoms with Crippen LogP contribution in [0.25, 0.3) is 0 Å². The third kappa shape index (κ3) is 5.53. The molecule has 4 N–H and O–H groups in total. The van der Waals surface area contributed by atoms with E-state index in [-0.39, 0.29) is 24.3 Å². The largest absolute Gasteiger partial charge is 0.355 e. The molecule has 0 aliphatic rings. The van der Waals surface area contributed by atoms with Crippen LogP contribution in [0, 0.1) is 5.92 Å². The molecule has 5 heteroatoms. The fourth-order valence-electron chi connectivity index (χ4n) is 0.776. The number of hydrogen-bond acceptors (Lipinski definition) is 3. The first kappa shape index (κ1) is 12.9. The van der Waals surface area contributed by atoms with Crippen molar-refractivity contribution in [2.75, 3.05) is 19.6 Å². The SMILES string of the molecule is CCCNC(=O)CNC(=O)C(C)CN. The Morgan fingerprint density at radius 2 is 2.00 bits per heavy atom. The molecule has 5 nitrogen and oxygen atoms in total. The Kier molecular flexibility index (Phi) is 6.74. The van der Waals surface area contributed by atoms with Crippen LogP contribution in [0.4, 0.5) is 0 Å². The van der Waals surface area contributed by atoms with Crippen LogP contribution in [0.5, 0.6) is 0 Å². The van der Waals surface area contributed by atoms with Crippen LogP contribution in [0.1, 0.15) is 20.3 Å². The highest BCUT2D eigenvalue weighted by atomic mass is 16.2. The molecule has 1 unspecified atom stereocenters. The number of nitrogens with two attached hydrogens (primary N) is 1. The van der Waals surface area contributed by atoms with E-state index in [0.29, 0.717) is 13.1 Å². The molecule has 82 valence electrons. The van der Waals surface area contributed by atoms with Crippen molar-refractivity contribution < 1.29 is 9.59 Å². The predicted octanol–water partition coefficient (Wildman–Crippen LogP) is -0.776. The summed E-state index contributed by atoms with van der Waals surface area (Å²) in [6, 6.07) is 0. The molecule has 2 amide bonds. The zero-order valence-electron chi connectivity index (χ0n) is 8.80. The highest BCUT2D eigenvalue weighted by Gasteiger charge is 2.11. The Bertz CT molecular complexity index is 194. The topological polar surface area (TPSA) is 84.2 Å². The van der Waals surface area contributed by atoms with Crippen LogP contribution in [0.15, 0.2) is 0 Å². The first-order chi connectivity index (χ1) is 6.61. The van der Waals surface area contributed by atoms with E-state index in [0.717, 1.165) is 6.42 Å². The van der Waals surface area contributed by atoms with Crippen LogP contribution >= 0.6 is 0 Å². The molecule has 0 radical (unpaired) electrons. The lowest BCUT2D eigenvalue weighted by molar-refractivity contribution is -0.128. The van der Waals surface area contributed by atoms with Crippen LogP contribution in [-0.2, 0) is 9.59 Å². The summed E-state index contributed by atoms with van der Waals surface area (Å²) in [4.78, 5) is 22.2. The number of nitrogens with one attached hydrogen (secondary N) is 2. The van der Waals surface area contributed by atoms with Crippen molar-refractivity contribution in [2.45, 2.75) is 20.3 Å². The average Bonchev–Trinajstić information content (AvgIpc) is 2.21. The lowest BCUT2D eigenvalue weighted by Gasteiger charge is -2.09. The van der Waals surface area contributed by atoms with Gasteiger partial charge in [0.2, 0.25) is 11.8 Å². The van der Waals surface area contributed by atoms with Gasteiger partial charge in [-0.25, -0.2) is 0 Å². The van der Waals surface area contributed by atoms with Crippen molar-refractivity contribution in [2.24, 2.45) is 11.7 Å². The van der Waals surface area contributed by atoms with Gasteiger partial charge in [-0.1, -0.05) is 13.8 Å². The van der Waals surface area contributed by atoms with E-state index < -0.39 is 0 Å². The number of carbonyl (C=O) groups is 2. The highest BCUT2D eigenvalue weighted by Crippen LogP contribution is 1.89. The van der Waals surface area contributed by atoms with Gasteiger partial charge in [0.1, 0.15) is 0 Å². The number of rotatable bonds is 6. The fourth-order valence-corrected chi connectivity index (χ4v) is 0.776. The summed E-state index contributed by atoms with van der Waals surface area (Å²) < 4.78 is 0. The van der Waals surface area contributed by atoms with Gasteiger partial charge in [0.15, 0.2) is 0 Å². The van der Waals surface area contributed by atoms with E-state index in [4.69, 9.17) is 5.73 Å². The quantitative estimate of drug-likeness (QED) is 0.527. The van der Waals surface area contributed by atoms with Gasteiger partial charge in [0.05, 0.1) is 6.54 Å². The molecule has 0 rings (SSSR count). The summed E-state index contributed by atoms with van der Waals surface area (Å²) in [5, 5.41) is 5.17. The zero-order valence-corrected chi connectivity index (χ0v) is 8.80. The Balaban J connectivity index is 3.61. The second-order valence-corrected chi connectivity index (χ2v) is 3.20. The Morgan fingerprint density at radius 1 is 1.36 bits per heavy atom. The maximum Gasteiger partial charge on any atom is 0.239 e. The number of carbonyl (C=O) groups excluding carboxylic acids is 2. The maximum atomic E-state index is 11.2. The average molecular weight is 201 g/mol. The summed E-state index contributed by atoms with van der Waals surface area (Å²) in [5.74, 6) is -0.586. The van der Waals surface area contributed by atoms with Crippen LogP contribution in [0.3, 0.4) is 0 Å². The lowest BCUT2D eigenvalue weighted by Crippen LogP contribution is -2.40. The van der Waals surface area contributed by atoms with Gasteiger partial charge in [-0.05, 0) is 6.42 Å². The Labute approximate surface area is 84.4 Å². The summed E-state index contributed by atoms with van der Waals surface area (Å²) in [7, 11) is 0. The number of amides is 2. The van der Waals surface area contributed by atoms with Crippen molar-refractivity contribution >= 4 is 11.8 Å². The molecule has 0 saturated carbocycles. The summed E-state index contributed by atoms with van der Waals surface area (Å²) in [6.07, 6.45) is 0.888. The fraction of sp³-hybridized carbons (Fsp3) is 0.778. The normalized spacial score (nSPS) is 11.9. The predicted molar refractivity (Wildman–Crippen MR) is 54.5 cm³/mol. The van der Waals surface area contributed by atoms with Gasteiger partial charge < -0.3 is 16.4 Å². The molecule has 0 fully saturated rings. The van der Waals surface area contributed by atoms with Crippen molar-refractivity contribution in [3.05, 3.63) is 0 Å². The molecule has 0 saturated heterocycles. The molecule has 1 atom stereocenters. The van der Waals surface area contributed by atoms with E-state index in [1.54, 1.807) is 6.92 Å². The van der Waals surface area contributed by atoms with Crippen LogP contribution in [-0.4, -0.2) is 31.4 Å². The second-order valence-electron chi connectivity index (χ2n) is 3.20. The summed E-state index contributed by atoms with van der Waals surface area (Å²) >= 11 is 0. The summed E-state index contributed by atoms with van der Waals surface area (Å²) in [6.45, 7) is 4.65. The van der Waals surface area contributed by atoms with E-state index in [2.05, 4.69) is 10.6 Å². The molecular formula is C9H19N3O2. The first-order valence-electron chi connectivity index (χ1n) is 4.86. The minimum atomic E-state index is -0.242. The van der Waals surface area contributed by atoms with Gasteiger partial charge in [-0.2, -0.15) is 0 Å². The van der Waals surface area contributed by atoms with E-state index >= 15 is 0 Å². The molecule has 0 aliphatic heterocycles. The first-order valence-corrected chi connectivity index (χ1v) is 4.86. The van der Waals surface area contributed by atoms with Gasteiger partial charge in [0, 0.05) is 19.0 Å². The van der Waals surface area contributed by atoms with Crippen molar-refractivity contribution in [1.82, 2.24) is 10.6 Å². The molecule has 0 aliphatic carbocycles. The molecular weight excluding hydrogens is 182 g/mol. The minimum absolute atomic E-state index is 0.0309. The standard InChI is InChI=1S/C9H19N3O2/c1-3-4-11-8(13)6-12-9(14)7(2)5-10/h7H,3-6,10H2,1-2H3,(H,11,13)(H,12,14). The zero-order chi connectivity index (χ0) is 11.0. The molecule has 0 aromatic heterocycles. The van der Waals surface area contributed by atoms with Crippen LogP contribution < -0.4 is 16.4 Å². The third-order valence-electron chi connectivity index (χ3n) is 1.80. The van der Waals surface area contributed by atoms with E-state index in [1.165, 1.54) is 0 Å². The molecule has 0 aromatic rings. The highest BCUT2D eigenvalue weighted by molar-refractivity contribution is 5.85. The second kappa shape index (κ2) is 7.32. The lowest BCUT2D eigenvalue weighted by atomic mass is 10.2. The molecule has 0 bridgehead atoms. The third-order valence-corrected chi connectivity index (χ3v) is 1.80.